The van der Waals surface area contributed by atoms with Crippen LogP contribution in [0.4, 0.5) is 0 Å². The van der Waals surface area contributed by atoms with Gasteiger partial charge in [-0.15, -0.1) is 0 Å². The summed E-state index contributed by atoms with van der Waals surface area (Å²) in [6.07, 6.45) is 5.15. The summed E-state index contributed by atoms with van der Waals surface area (Å²) >= 11 is 0. The monoisotopic (exact) mass is 402 g/mol. The summed E-state index contributed by atoms with van der Waals surface area (Å²) in [7, 11) is 0. The van der Waals surface area contributed by atoms with Crippen LogP contribution < -0.4 is 14.8 Å². The molecule has 1 saturated carbocycles. The Kier molecular flexibility index (Phi) is 6.30. The molecule has 6 heteroatoms. The molecule has 1 atom stereocenters. The first kappa shape index (κ1) is 20.5. The lowest BCUT2D eigenvalue weighted by Crippen LogP contribution is -2.52. The van der Waals surface area contributed by atoms with Gasteiger partial charge in [0.2, 0.25) is 12.7 Å². The maximum Gasteiger partial charge on any atom is 0.231 e. The molecule has 1 saturated heterocycles. The Morgan fingerprint density at radius 3 is 2.79 bits per heavy atom. The summed E-state index contributed by atoms with van der Waals surface area (Å²) in [6, 6.07) is 5.99. The van der Waals surface area contributed by atoms with Crippen molar-refractivity contribution >= 4 is 5.91 Å². The molecule has 0 spiro atoms. The van der Waals surface area contributed by atoms with Crippen molar-refractivity contribution in [3.63, 3.8) is 0 Å². The lowest BCUT2D eigenvalue weighted by Gasteiger charge is -2.38. The second-order valence-electron chi connectivity index (χ2n) is 9.07. The number of rotatable bonds is 6. The van der Waals surface area contributed by atoms with Crippen molar-refractivity contribution in [3.8, 4) is 11.5 Å². The number of hydrogen-bond acceptors (Lipinski definition) is 5. The van der Waals surface area contributed by atoms with Crippen molar-refractivity contribution in [3.05, 3.63) is 23.8 Å². The summed E-state index contributed by atoms with van der Waals surface area (Å²) in [6.45, 7) is 8.98. The Bertz CT molecular complexity index is 715. The quantitative estimate of drug-likeness (QED) is 0.792. The van der Waals surface area contributed by atoms with Crippen LogP contribution in [0.3, 0.4) is 0 Å². The largest absolute Gasteiger partial charge is 0.454 e. The van der Waals surface area contributed by atoms with E-state index in [1.807, 2.05) is 18.2 Å². The van der Waals surface area contributed by atoms with Crippen LogP contribution in [-0.2, 0) is 14.9 Å². The van der Waals surface area contributed by atoms with Gasteiger partial charge in [0.05, 0.1) is 18.1 Å². The zero-order chi connectivity index (χ0) is 20.3. The van der Waals surface area contributed by atoms with E-state index >= 15 is 0 Å². The van der Waals surface area contributed by atoms with Crippen molar-refractivity contribution in [2.75, 3.05) is 39.6 Å². The number of carbonyl (C=O) groups is 1. The molecule has 0 aromatic heterocycles. The minimum absolute atomic E-state index is 0.0591. The van der Waals surface area contributed by atoms with Crippen LogP contribution in [0.1, 0.15) is 51.5 Å². The predicted octanol–water partition coefficient (Wildman–Crippen LogP) is 3.09. The molecule has 1 aromatic carbocycles. The van der Waals surface area contributed by atoms with Crippen LogP contribution >= 0.6 is 0 Å². The van der Waals surface area contributed by atoms with Crippen molar-refractivity contribution < 1.29 is 19.0 Å². The van der Waals surface area contributed by atoms with Crippen LogP contribution in [0.15, 0.2) is 18.2 Å². The van der Waals surface area contributed by atoms with Crippen LogP contribution in [-0.4, -0.2) is 56.5 Å². The fourth-order valence-corrected chi connectivity index (χ4v) is 4.96. The number of hydrogen-bond donors (Lipinski definition) is 1. The summed E-state index contributed by atoms with van der Waals surface area (Å²) in [5.41, 5.74) is 0.566. The van der Waals surface area contributed by atoms with E-state index in [-0.39, 0.29) is 18.8 Å². The van der Waals surface area contributed by atoms with Gasteiger partial charge in [-0.3, -0.25) is 9.69 Å². The molecule has 1 aromatic rings. The van der Waals surface area contributed by atoms with E-state index in [1.54, 1.807) is 0 Å². The van der Waals surface area contributed by atoms with E-state index in [0.717, 1.165) is 69.0 Å². The molecular weight excluding hydrogens is 368 g/mol. The third-order valence-corrected chi connectivity index (χ3v) is 6.40. The van der Waals surface area contributed by atoms with Crippen molar-refractivity contribution in [2.45, 2.75) is 57.5 Å². The van der Waals surface area contributed by atoms with E-state index in [9.17, 15) is 4.79 Å². The fraction of sp³-hybridized carbons (Fsp3) is 0.696. The number of nitrogens with one attached hydrogen (secondary N) is 1. The summed E-state index contributed by atoms with van der Waals surface area (Å²) in [5.74, 6) is 2.28. The molecular formula is C23H34N2O4. The maximum atomic E-state index is 13.5. The van der Waals surface area contributed by atoms with Crippen LogP contribution in [0.25, 0.3) is 0 Å². The standard InChI is InChI=1S/C23H34N2O4/c1-17(2)14-25-10-11-27-19(15-25)13-24-22(26)23(8-4-3-5-9-23)18-6-7-20-21(12-18)29-16-28-20/h6-7,12,17,19H,3-5,8-11,13-16H2,1-2H3,(H,24,26). The normalized spacial score (nSPS) is 23.9. The van der Waals surface area contributed by atoms with Gasteiger partial charge in [-0.2, -0.15) is 0 Å². The van der Waals surface area contributed by atoms with Gasteiger partial charge >= 0.3 is 0 Å². The molecule has 1 N–H and O–H groups in total. The molecule has 2 heterocycles. The zero-order valence-electron chi connectivity index (χ0n) is 17.7. The van der Waals surface area contributed by atoms with Crippen LogP contribution in [0.2, 0.25) is 0 Å². The molecule has 1 unspecified atom stereocenters. The number of fused-ring (bicyclic) bond motifs is 1. The van der Waals surface area contributed by atoms with E-state index in [2.05, 4.69) is 24.1 Å². The summed E-state index contributed by atoms with van der Waals surface area (Å²) in [5, 5.41) is 3.24. The van der Waals surface area contributed by atoms with E-state index in [1.165, 1.54) is 6.42 Å². The molecule has 1 amide bonds. The van der Waals surface area contributed by atoms with Gasteiger partial charge in [-0.05, 0) is 36.5 Å². The van der Waals surface area contributed by atoms with E-state index in [0.29, 0.717) is 12.5 Å². The van der Waals surface area contributed by atoms with Crippen LogP contribution in [0.5, 0.6) is 11.5 Å². The SMILES string of the molecule is CC(C)CN1CCOC(CNC(=O)C2(c3ccc4c(c3)OCO4)CCCCC2)C1. The average Bonchev–Trinajstić information content (AvgIpc) is 3.20. The Hall–Kier alpha value is -1.79. The van der Waals surface area contributed by atoms with Crippen molar-refractivity contribution in [2.24, 2.45) is 5.92 Å². The van der Waals surface area contributed by atoms with Gasteiger partial charge in [0.1, 0.15) is 0 Å². The van der Waals surface area contributed by atoms with Gasteiger partial charge in [-0.1, -0.05) is 39.2 Å². The molecule has 0 radical (unpaired) electrons. The predicted molar refractivity (Wildman–Crippen MR) is 111 cm³/mol. The van der Waals surface area contributed by atoms with Crippen molar-refractivity contribution in [1.82, 2.24) is 10.2 Å². The van der Waals surface area contributed by atoms with Gasteiger partial charge in [0, 0.05) is 26.2 Å². The highest BCUT2D eigenvalue weighted by Gasteiger charge is 2.42. The number of amides is 1. The smallest absolute Gasteiger partial charge is 0.231 e. The van der Waals surface area contributed by atoms with E-state index < -0.39 is 5.41 Å². The number of morpholine rings is 1. The van der Waals surface area contributed by atoms with Crippen molar-refractivity contribution in [1.29, 1.82) is 0 Å². The van der Waals surface area contributed by atoms with Gasteiger partial charge in [-0.25, -0.2) is 0 Å². The van der Waals surface area contributed by atoms with Crippen LogP contribution in [0, 0.1) is 5.92 Å². The average molecular weight is 403 g/mol. The molecule has 160 valence electrons. The molecule has 2 fully saturated rings. The fourth-order valence-electron chi connectivity index (χ4n) is 4.96. The molecule has 29 heavy (non-hydrogen) atoms. The minimum atomic E-state index is -0.481. The first-order valence-electron chi connectivity index (χ1n) is 11.1. The highest BCUT2D eigenvalue weighted by Crippen LogP contribution is 2.43. The molecule has 2 aliphatic heterocycles. The van der Waals surface area contributed by atoms with Gasteiger partial charge < -0.3 is 19.5 Å². The molecule has 1 aliphatic carbocycles. The highest BCUT2D eigenvalue weighted by molar-refractivity contribution is 5.88. The van der Waals surface area contributed by atoms with Gasteiger partial charge in [0.25, 0.3) is 0 Å². The number of benzene rings is 1. The Balaban J connectivity index is 1.44. The summed E-state index contributed by atoms with van der Waals surface area (Å²) in [4.78, 5) is 15.9. The second kappa shape index (κ2) is 8.92. The molecule has 6 nitrogen and oxygen atoms in total. The number of nitrogens with zero attached hydrogens (tertiary/aromatic N) is 1. The summed E-state index contributed by atoms with van der Waals surface area (Å²) < 4.78 is 17.0. The minimum Gasteiger partial charge on any atom is -0.454 e. The third kappa shape index (κ3) is 4.53. The Morgan fingerprint density at radius 2 is 2.00 bits per heavy atom. The second-order valence-corrected chi connectivity index (χ2v) is 9.07. The molecule has 0 bridgehead atoms. The zero-order valence-corrected chi connectivity index (χ0v) is 17.7. The first-order chi connectivity index (χ1) is 14.1. The first-order valence-corrected chi connectivity index (χ1v) is 11.1. The Labute approximate surface area is 173 Å². The van der Waals surface area contributed by atoms with Gasteiger partial charge in [0.15, 0.2) is 11.5 Å². The number of ether oxygens (including phenoxy) is 3. The topological polar surface area (TPSA) is 60.0 Å². The lowest BCUT2D eigenvalue weighted by atomic mass is 9.68. The van der Waals surface area contributed by atoms with E-state index in [4.69, 9.17) is 14.2 Å². The number of carbonyl (C=O) groups excluding carboxylic acids is 1. The maximum absolute atomic E-state index is 13.5. The highest BCUT2D eigenvalue weighted by atomic mass is 16.7. The third-order valence-electron chi connectivity index (χ3n) is 6.40. The Morgan fingerprint density at radius 1 is 1.21 bits per heavy atom. The lowest BCUT2D eigenvalue weighted by molar-refractivity contribution is -0.129. The molecule has 4 rings (SSSR count). The molecule has 3 aliphatic rings.